The van der Waals surface area contributed by atoms with Crippen molar-refractivity contribution in [2.24, 2.45) is 0 Å². The summed E-state index contributed by atoms with van der Waals surface area (Å²) in [7, 11) is 4.64. The van der Waals surface area contributed by atoms with Crippen molar-refractivity contribution in [2.45, 2.75) is 103 Å². The molecule has 3 heteroatoms. The molecular weight excluding hydrogens is 306 g/mol. The summed E-state index contributed by atoms with van der Waals surface area (Å²) >= 11 is 0. The summed E-state index contributed by atoms with van der Waals surface area (Å²) in [5.74, 6) is 0. The fourth-order valence-corrected chi connectivity index (χ4v) is 3.45. The Morgan fingerprint density at radius 2 is 1.26 bits per heavy atom. The van der Waals surface area contributed by atoms with Gasteiger partial charge < -0.3 is 21.6 Å². The van der Waals surface area contributed by atoms with Gasteiger partial charge in [0.15, 0.2) is 6.73 Å². The number of unbranched alkanes of at least 4 members (excludes halogenated alkanes) is 9. The topological polar surface area (TPSA) is 9.23 Å². The lowest BCUT2D eigenvalue weighted by atomic mass is 10.1. The third kappa shape index (κ3) is 13.2. The van der Waals surface area contributed by atoms with E-state index in [1.807, 2.05) is 0 Å². The van der Waals surface area contributed by atoms with Crippen LogP contribution in [0, 0.1) is 0 Å². The molecule has 0 radical (unpaired) electrons. The maximum atomic E-state index is 6.08. The minimum Gasteiger partial charge on any atom is -1.00 e. The second-order valence-corrected chi connectivity index (χ2v) is 8.04. The molecule has 0 aromatic heterocycles. The minimum atomic E-state index is 0. The Morgan fingerprint density at radius 3 is 1.78 bits per heavy atom. The Balaban J connectivity index is 0.00000484. The van der Waals surface area contributed by atoms with Crippen LogP contribution in [0.25, 0.3) is 0 Å². The Labute approximate surface area is 152 Å². The van der Waals surface area contributed by atoms with E-state index < -0.39 is 0 Å². The van der Waals surface area contributed by atoms with E-state index in [-0.39, 0.29) is 12.4 Å². The van der Waals surface area contributed by atoms with Crippen LogP contribution in [0.1, 0.15) is 96.8 Å². The lowest BCUT2D eigenvalue weighted by molar-refractivity contribution is -0.910. The molecule has 0 bridgehead atoms. The van der Waals surface area contributed by atoms with Crippen LogP contribution < -0.4 is 12.4 Å². The van der Waals surface area contributed by atoms with Crippen molar-refractivity contribution in [3.63, 3.8) is 0 Å². The summed E-state index contributed by atoms with van der Waals surface area (Å²) in [6, 6.07) is 0. The maximum Gasteiger partial charge on any atom is 0.183 e. The van der Waals surface area contributed by atoms with Crippen LogP contribution in [0.5, 0.6) is 0 Å². The largest absolute Gasteiger partial charge is 1.00 e. The van der Waals surface area contributed by atoms with E-state index in [2.05, 4.69) is 21.0 Å². The first-order chi connectivity index (χ1) is 10.6. The molecule has 2 nitrogen and oxygen atoms in total. The first-order valence-corrected chi connectivity index (χ1v) is 10.1. The molecule has 1 aliphatic rings. The molecule has 140 valence electrons. The second-order valence-electron chi connectivity index (χ2n) is 8.04. The zero-order chi connectivity index (χ0) is 16.1. The highest BCUT2D eigenvalue weighted by Crippen LogP contribution is 2.21. The standard InChI is InChI=1S/C20H42NO.ClH/c1-4-5-6-7-8-9-10-11-12-15-18-21(2,3)19-22-20-16-13-14-17-20;/h20H,4-19H2,1-3H3;1H/q+1;/p-1. The quantitative estimate of drug-likeness (QED) is 0.267. The van der Waals surface area contributed by atoms with Crippen molar-refractivity contribution in [1.82, 2.24) is 0 Å². The van der Waals surface area contributed by atoms with Gasteiger partial charge in [-0.1, -0.05) is 71.1 Å². The van der Waals surface area contributed by atoms with Gasteiger partial charge in [-0.25, -0.2) is 0 Å². The summed E-state index contributed by atoms with van der Waals surface area (Å²) in [5, 5.41) is 0. The van der Waals surface area contributed by atoms with Crippen LogP contribution in [0.4, 0.5) is 0 Å². The van der Waals surface area contributed by atoms with Gasteiger partial charge in [-0.2, -0.15) is 0 Å². The van der Waals surface area contributed by atoms with Gasteiger partial charge in [0, 0.05) is 0 Å². The van der Waals surface area contributed by atoms with Crippen LogP contribution in [-0.2, 0) is 4.74 Å². The number of hydrogen-bond acceptors (Lipinski definition) is 1. The molecule has 0 heterocycles. The van der Waals surface area contributed by atoms with E-state index >= 15 is 0 Å². The van der Waals surface area contributed by atoms with Crippen molar-refractivity contribution in [3.05, 3.63) is 0 Å². The average Bonchev–Trinajstić information content (AvgIpc) is 3.01. The normalized spacial score (nSPS) is 15.8. The summed E-state index contributed by atoms with van der Waals surface area (Å²) < 4.78 is 7.12. The van der Waals surface area contributed by atoms with Crippen LogP contribution >= 0.6 is 0 Å². The zero-order valence-electron chi connectivity index (χ0n) is 16.1. The third-order valence-electron chi connectivity index (χ3n) is 5.08. The SMILES string of the molecule is CCCCCCCCCCCC[N+](C)(C)COC1CCCC1.[Cl-]. The molecule has 0 amide bonds. The molecule has 1 fully saturated rings. The van der Waals surface area contributed by atoms with E-state index in [0.717, 1.165) is 11.2 Å². The van der Waals surface area contributed by atoms with E-state index in [0.29, 0.717) is 6.10 Å². The molecule has 1 saturated carbocycles. The zero-order valence-corrected chi connectivity index (χ0v) is 16.9. The van der Waals surface area contributed by atoms with E-state index in [9.17, 15) is 0 Å². The molecule has 0 aromatic carbocycles. The summed E-state index contributed by atoms with van der Waals surface area (Å²) in [6.07, 6.45) is 20.1. The molecule has 0 spiro atoms. The smallest absolute Gasteiger partial charge is 0.183 e. The van der Waals surface area contributed by atoms with Crippen LogP contribution in [0.3, 0.4) is 0 Å². The average molecular weight is 348 g/mol. The van der Waals surface area contributed by atoms with Crippen molar-refractivity contribution >= 4 is 0 Å². The van der Waals surface area contributed by atoms with Gasteiger partial charge in [-0.3, -0.25) is 0 Å². The molecule has 23 heavy (non-hydrogen) atoms. The highest BCUT2D eigenvalue weighted by Gasteiger charge is 2.20. The van der Waals surface area contributed by atoms with Gasteiger partial charge in [-0.15, -0.1) is 0 Å². The van der Waals surface area contributed by atoms with E-state index in [1.165, 1.54) is 96.4 Å². The first kappa shape index (κ1) is 23.2. The van der Waals surface area contributed by atoms with Crippen molar-refractivity contribution in [3.8, 4) is 0 Å². The number of quaternary nitrogens is 1. The number of hydrogen-bond donors (Lipinski definition) is 0. The number of halogens is 1. The molecule has 0 saturated heterocycles. The minimum absolute atomic E-state index is 0. The van der Waals surface area contributed by atoms with Gasteiger partial charge >= 0.3 is 0 Å². The van der Waals surface area contributed by atoms with Crippen molar-refractivity contribution in [1.29, 1.82) is 0 Å². The summed E-state index contributed by atoms with van der Waals surface area (Å²) in [5.41, 5.74) is 0. The van der Waals surface area contributed by atoms with Gasteiger partial charge in [0.25, 0.3) is 0 Å². The highest BCUT2D eigenvalue weighted by molar-refractivity contribution is 4.65. The lowest BCUT2D eigenvalue weighted by Crippen LogP contribution is -3.00. The summed E-state index contributed by atoms with van der Waals surface area (Å²) in [6.45, 7) is 4.46. The fourth-order valence-electron chi connectivity index (χ4n) is 3.45. The Morgan fingerprint density at radius 1 is 0.783 bits per heavy atom. The monoisotopic (exact) mass is 347 g/mol. The molecule has 1 aliphatic carbocycles. The molecule has 0 aliphatic heterocycles. The number of rotatable bonds is 14. The number of nitrogens with zero attached hydrogens (tertiary/aromatic N) is 1. The van der Waals surface area contributed by atoms with Crippen molar-refractivity contribution < 1.29 is 21.6 Å². The Bertz CT molecular complexity index is 252. The second kappa shape index (κ2) is 14.5. The highest BCUT2D eigenvalue weighted by atomic mass is 35.5. The molecule has 0 unspecified atom stereocenters. The molecule has 0 atom stereocenters. The molecule has 1 rings (SSSR count). The predicted molar refractivity (Wildman–Crippen MR) is 97.0 cm³/mol. The van der Waals surface area contributed by atoms with Gasteiger partial charge in [0.2, 0.25) is 0 Å². The van der Waals surface area contributed by atoms with Crippen LogP contribution in [0.15, 0.2) is 0 Å². The molecule has 0 N–H and O–H groups in total. The maximum absolute atomic E-state index is 6.08. The Kier molecular flexibility index (Phi) is 14.7. The molecule has 0 aromatic rings. The lowest BCUT2D eigenvalue weighted by Gasteiger charge is -2.30. The van der Waals surface area contributed by atoms with E-state index in [4.69, 9.17) is 4.74 Å². The van der Waals surface area contributed by atoms with Crippen LogP contribution in [0.2, 0.25) is 0 Å². The van der Waals surface area contributed by atoms with Crippen LogP contribution in [-0.4, -0.2) is 38.0 Å². The summed E-state index contributed by atoms with van der Waals surface area (Å²) in [4.78, 5) is 0. The fraction of sp³-hybridized carbons (Fsp3) is 1.00. The molecular formula is C20H42ClNO. The predicted octanol–water partition coefficient (Wildman–Crippen LogP) is 2.90. The number of ether oxygens (including phenoxy) is 1. The first-order valence-electron chi connectivity index (χ1n) is 10.1. The van der Waals surface area contributed by atoms with E-state index in [1.54, 1.807) is 0 Å². The van der Waals surface area contributed by atoms with Crippen molar-refractivity contribution in [2.75, 3.05) is 27.4 Å². The third-order valence-corrected chi connectivity index (χ3v) is 5.08. The van der Waals surface area contributed by atoms with Gasteiger partial charge in [0.05, 0.1) is 26.7 Å². The Hall–Kier alpha value is 0.210. The van der Waals surface area contributed by atoms with Gasteiger partial charge in [-0.05, 0) is 25.7 Å². The van der Waals surface area contributed by atoms with Gasteiger partial charge in [0.1, 0.15) is 0 Å².